The van der Waals surface area contributed by atoms with Crippen molar-refractivity contribution in [3.63, 3.8) is 0 Å². The van der Waals surface area contributed by atoms with Gasteiger partial charge in [-0.3, -0.25) is 9.69 Å². The van der Waals surface area contributed by atoms with Gasteiger partial charge < -0.3 is 9.87 Å². The van der Waals surface area contributed by atoms with Crippen LogP contribution in [0.25, 0.3) is 0 Å². The summed E-state index contributed by atoms with van der Waals surface area (Å²) >= 11 is 0. The molecule has 0 bridgehead atoms. The number of benzene rings is 3. The molecule has 1 amide bonds. The van der Waals surface area contributed by atoms with Crippen molar-refractivity contribution in [3.05, 3.63) is 95.1 Å². The van der Waals surface area contributed by atoms with Gasteiger partial charge >= 0.3 is 0 Å². The summed E-state index contributed by atoms with van der Waals surface area (Å²) < 4.78 is 21.0. The van der Waals surface area contributed by atoms with E-state index >= 15 is 0 Å². The van der Waals surface area contributed by atoms with Crippen LogP contribution in [0.1, 0.15) is 27.0 Å². The van der Waals surface area contributed by atoms with Gasteiger partial charge in [-0.1, -0.05) is 36.4 Å². The number of nitrogens with one attached hydrogen (secondary N) is 1. The van der Waals surface area contributed by atoms with Crippen LogP contribution in [-0.4, -0.2) is 32.0 Å². The molecule has 0 spiro atoms. The van der Waals surface area contributed by atoms with Crippen molar-refractivity contribution >= 4 is 27.3 Å². The average molecular weight is 421 g/mol. The van der Waals surface area contributed by atoms with Crippen LogP contribution in [0.15, 0.2) is 77.7 Å². The van der Waals surface area contributed by atoms with Crippen molar-refractivity contribution in [1.29, 1.82) is 0 Å². The molecule has 0 radical (unpaired) electrons. The zero-order valence-electron chi connectivity index (χ0n) is 16.6. The lowest BCUT2D eigenvalue weighted by atomic mass is 9.99. The topological polar surface area (TPSA) is 69.6 Å². The SMILES string of the molecule is C=S(=O)(O)c1ccc(NC(=O)c2ccc(CN3CCc4ccccc4C3)cc2)cc1. The van der Waals surface area contributed by atoms with Crippen molar-refractivity contribution < 1.29 is 13.6 Å². The van der Waals surface area contributed by atoms with Crippen LogP contribution in [-0.2, 0) is 29.3 Å². The first-order valence-electron chi connectivity index (χ1n) is 9.78. The molecule has 0 saturated carbocycles. The van der Waals surface area contributed by atoms with E-state index in [0.29, 0.717) is 11.3 Å². The predicted molar refractivity (Wildman–Crippen MR) is 121 cm³/mol. The summed E-state index contributed by atoms with van der Waals surface area (Å²) in [6.45, 7) is 2.83. The molecule has 1 aliphatic rings. The van der Waals surface area contributed by atoms with Crippen molar-refractivity contribution in [1.82, 2.24) is 4.90 Å². The molecule has 3 aromatic rings. The van der Waals surface area contributed by atoms with Crippen molar-refractivity contribution in [2.24, 2.45) is 0 Å². The molecule has 30 heavy (non-hydrogen) atoms. The molecule has 3 aromatic carbocycles. The maximum absolute atomic E-state index is 12.5. The van der Waals surface area contributed by atoms with Gasteiger partial charge in [-0.05, 0) is 65.4 Å². The van der Waals surface area contributed by atoms with E-state index in [1.165, 1.54) is 28.8 Å². The third-order valence-corrected chi connectivity index (χ3v) is 6.32. The second kappa shape index (κ2) is 8.44. The number of hydrogen-bond acceptors (Lipinski definition) is 3. The number of anilines is 1. The summed E-state index contributed by atoms with van der Waals surface area (Å²) in [6.07, 6.45) is 1.06. The normalized spacial score (nSPS) is 15.8. The Morgan fingerprint density at radius 1 is 1.00 bits per heavy atom. The highest BCUT2D eigenvalue weighted by Crippen LogP contribution is 2.21. The van der Waals surface area contributed by atoms with Crippen LogP contribution in [0, 0.1) is 0 Å². The summed E-state index contributed by atoms with van der Waals surface area (Å²) in [7, 11) is -3.25. The summed E-state index contributed by atoms with van der Waals surface area (Å²) in [4.78, 5) is 15.1. The van der Waals surface area contributed by atoms with E-state index in [1.807, 2.05) is 24.3 Å². The number of rotatable bonds is 5. The second-order valence-corrected chi connectivity index (χ2v) is 9.30. The van der Waals surface area contributed by atoms with E-state index in [4.69, 9.17) is 0 Å². The van der Waals surface area contributed by atoms with Gasteiger partial charge in [0.25, 0.3) is 5.91 Å². The number of carbonyl (C=O) groups is 1. The molecular weight excluding hydrogens is 396 g/mol. The van der Waals surface area contributed by atoms with Crippen molar-refractivity contribution in [2.45, 2.75) is 24.4 Å². The van der Waals surface area contributed by atoms with Gasteiger partial charge in [0.15, 0.2) is 0 Å². The molecule has 1 atom stereocenters. The predicted octanol–water partition coefficient (Wildman–Crippen LogP) is 4.05. The van der Waals surface area contributed by atoms with Gasteiger partial charge in [0.05, 0.1) is 4.90 Å². The first kappa shape index (κ1) is 20.3. The van der Waals surface area contributed by atoms with E-state index in [1.54, 1.807) is 12.1 Å². The molecule has 1 unspecified atom stereocenters. The fraction of sp³-hybridized carbons (Fsp3) is 0.167. The van der Waals surface area contributed by atoms with E-state index in [2.05, 4.69) is 40.4 Å². The van der Waals surface area contributed by atoms with Crippen molar-refractivity contribution in [2.75, 3.05) is 11.9 Å². The number of hydrogen-bond donors (Lipinski definition) is 2. The zero-order chi connectivity index (χ0) is 21.1. The smallest absolute Gasteiger partial charge is 0.255 e. The van der Waals surface area contributed by atoms with Gasteiger partial charge in [-0.15, -0.1) is 0 Å². The molecule has 0 fully saturated rings. The number of amides is 1. The summed E-state index contributed by atoms with van der Waals surface area (Å²) in [5.74, 6) is 3.01. The van der Waals surface area contributed by atoms with Crippen LogP contribution in [0.4, 0.5) is 5.69 Å². The van der Waals surface area contributed by atoms with Gasteiger partial charge in [-0.2, -0.15) is 0 Å². The van der Waals surface area contributed by atoms with E-state index in [-0.39, 0.29) is 10.8 Å². The lowest BCUT2D eigenvalue weighted by Gasteiger charge is -2.28. The van der Waals surface area contributed by atoms with Crippen LogP contribution in [0.3, 0.4) is 0 Å². The van der Waals surface area contributed by atoms with Gasteiger partial charge in [0.1, 0.15) is 9.80 Å². The molecule has 5 nitrogen and oxygen atoms in total. The summed E-state index contributed by atoms with van der Waals surface area (Å²) in [5.41, 5.74) is 5.12. The van der Waals surface area contributed by atoms with Crippen LogP contribution >= 0.6 is 0 Å². The highest BCUT2D eigenvalue weighted by Gasteiger charge is 2.16. The Balaban J connectivity index is 1.37. The quantitative estimate of drug-likeness (QED) is 0.611. The molecule has 2 N–H and O–H groups in total. The Labute approximate surface area is 177 Å². The molecule has 0 aliphatic carbocycles. The minimum absolute atomic E-state index is 0.222. The fourth-order valence-corrected chi connectivity index (χ4v) is 4.22. The molecule has 154 valence electrons. The third-order valence-electron chi connectivity index (χ3n) is 5.31. The monoisotopic (exact) mass is 420 g/mol. The largest absolute Gasteiger partial charge is 0.322 e. The van der Waals surface area contributed by atoms with E-state index < -0.39 is 9.80 Å². The van der Waals surface area contributed by atoms with Gasteiger partial charge in [-0.25, -0.2) is 4.21 Å². The van der Waals surface area contributed by atoms with Crippen LogP contribution in [0.2, 0.25) is 0 Å². The lowest BCUT2D eigenvalue weighted by Crippen LogP contribution is -2.29. The molecule has 4 rings (SSSR count). The Morgan fingerprint density at radius 3 is 2.33 bits per heavy atom. The third kappa shape index (κ3) is 4.79. The minimum Gasteiger partial charge on any atom is -0.322 e. The highest BCUT2D eigenvalue weighted by atomic mass is 32.2. The second-order valence-electron chi connectivity index (χ2n) is 7.55. The molecular formula is C24H24N2O3S. The van der Waals surface area contributed by atoms with Crippen LogP contribution < -0.4 is 5.32 Å². The molecule has 6 heteroatoms. The van der Waals surface area contributed by atoms with Gasteiger partial charge in [0, 0.05) is 30.9 Å². The minimum atomic E-state index is -3.25. The standard InChI is InChI=1S/C24H24N2O3S/c1-30(28,29)23-12-10-22(11-13-23)25-24(27)20-8-6-18(7-9-20)16-26-15-14-19-4-2-3-5-21(19)17-26/h2-13H,1,14-17H2,(H,25,27)(H,28,29). The fourth-order valence-electron chi connectivity index (χ4n) is 3.66. The van der Waals surface area contributed by atoms with E-state index in [0.717, 1.165) is 26.1 Å². The van der Waals surface area contributed by atoms with Gasteiger partial charge in [0.2, 0.25) is 0 Å². The maximum Gasteiger partial charge on any atom is 0.255 e. The number of carbonyl (C=O) groups excluding carboxylic acids is 1. The zero-order valence-corrected chi connectivity index (χ0v) is 17.4. The average Bonchev–Trinajstić information content (AvgIpc) is 2.74. The van der Waals surface area contributed by atoms with Crippen LogP contribution in [0.5, 0.6) is 0 Å². The lowest BCUT2D eigenvalue weighted by molar-refractivity contribution is 0.102. The first-order chi connectivity index (χ1) is 14.4. The highest BCUT2D eigenvalue weighted by molar-refractivity contribution is 7.95. The Morgan fingerprint density at radius 2 is 1.67 bits per heavy atom. The Bertz CT molecular complexity index is 1150. The molecule has 1 heterocycles. The number of fused-ring (bicyclic) bond motifs is 1. The van der Waals surface area contributed by atoms with E-state index in [9.17, 15) is 13.6 Å². The summed E-state index contributed by atoms with van der Waals surface area (Å²) in [6, 6.07) is 22.4. The Kier molecular flexibility index (Phi) is 5.72. The Hall–Kier alpha value is -2.93. The molecule has 0 saturated heterocycles. The number of nitrogens with zero attached hydrogens (tertiary/aromatic N) is 1. The summed E-state index contributed by atoms with van der Waals surface area (Å²) in [5, 5.41) is 2.80. The maximum atomic E-state index is 12.5. The molecule has 0 aromatic heterocycles. The van der Waals surface area contributed by atoms with Crippen molar-refractivity contribution in [3.8, 4) is 0 Å². The first-order valence-corrected chi connectivity index (χ1v) is 11.5. The molecule has 1 aliphatic heterocycles.